The van der Waals surface area contributed by atoms with Crippen molar-refractivity contribution in [1.29, 1.82) is 0 Å². The number of aromatic hydroxyl groups is 2. The summed E-state index contributed by atoms with van der Waals surface area (Å²) >= 11 is 0. The van der Waals surface area contributed by atoms with Gasteiger partial charge >= 0.3 is 0 Å². The number of ether oxygens (including phenoxy) is 1. The van der Waals surface area contributed by atoms with Gasteiger partial charge in [0.25, 0.3) is 5.56 Å². The summed E-state index contributed by atoms with van der Waals surface area (Å²) in [5.41, 5.74) is 0.148. The molecule has 0 aliphatic carbocycles. The quantitative estimate of drug-likeness (QED) is 0.888. The van der Waals surface area contributed by atoms with Gasteiger partial charge in [-0.15, -0.1) is 0 Å². The summed E-state index contributed by atoms with van der Waals surface area (Å²) < 4.78 is 7.04. The maximum atomic E-state index is 12.6. The lowest BCUT2D eigenvalue weighted by atomic mass is 10.1. The Morgan fingerprint density at radius 1 is 1.29 bits per heavy atom. The third kappa shape index (κ3) is 2.96. The van der Waals surface area contributed by atoms with Gasteiger partial charge in [-0.3, -0.25) is 4.79 Å². The molecule has 2 aromatic rings. The van der Waals surface area contributed by atoms with E-state index in [2.05, 4.69) is 0 Å². The minimum absolute atomic E-state index is 0.0284. The van der Waals surface area contributed by atoms with Gasteiger partial charge in [0.15, 0.2) is 5.75 Å². The first kappa shape index (κ1) is 15.2. The smallest absolute Gasteiger partial charge is 0.297 e. The molecule has 5 heteroatoms. The molecule has 2 N–H and O–H groups in total. The molecule has 0 fully saturated rings. The molecule has 0 spiro atoms. The number of benzene rings is 1. The average molecular weight is 291 g/mol. The second-order valence-electron chi connectivity index (χ2n) is 5.36. The Morgan fingerprint density at radius 3 is 2.62 bits per heavy atom. The van der Waals surface area contributed by atoms with Gasteiger partial charge in [0.05, 0.1) is 11.6 Å². The van der Waals surface area contributed by atoms with Crippen molar-refractivity contribution >= 4 is 10.9 Å². The van der Waals surface area contributed by atoms with Gasteiger partial charge in [-0.1, -0.05) is 13.3 Å². The number of aryl methyl sites for hydroxylation is 1. The Balaban J connectivity index is 2.75. The molecular weight excluding hydrogens is 270 g/mol. The first-order chi connectivity index (χ1) is 9.95. The van der Waals surface area contributed by atoms with Crippen molar-refractivity contribution in [1.82, 2.24) is 4.57 Å². The van der Waals surface area contributed by atoms with E-state index in [-0.39, 0.29) is 28.9 Å². The van der Waals surface area contributed by atoms with Crippen LogP contribution in [-0.4, -0.2) is 20.9 Å². The Hall–Kier alpha value is -2.17. The molecular formula is C16H21NO4. The molecule has 21 heavy (non-hydrogen) atoms. The SMILES string of the molecule is CCCCn1c(=O)c(OC(C)C)c(O)c2ccc(O)cc21. The number of hydrogen-bond acceptors (Lipinski definition) is 4. The standard InChI is InChI=1S/C16H21NO4/c1-4-5-8-17-13-9-11(18)6-7-12(13)14(19)15(16(17)20)21-10(2)3/h6-7,9-10,18-19H,4-5,8H2,1-3H3. The van der Waals surface area contributed by atoms with Gasteiger partial charge in [-0.2, -0.15) is 0 Å². The number of hydrogen-bond donors (Lipinski definition) is 2. The van der Waals surface area contributed by atoms with E-state index in [4.69, 9.17) is 4.74 Å². The van der Waals surface area contributed by atoms with Crippen LogP contribution in [0.4, 0.5) is 0 Å². The van der Waals surface area contributed by atoms with Crippen LogP contribution in [0.15, 0.2) is 23.0 Å². The van der Waals surface area contributed by atoms with Gasteiger partial charge in [0.2, 0.25) is 5.75 Å². The molecule has 0 unspecified atom stereocenters. The second kappa shape index (κ2) is 6.08. The molecule has 1 aromatic carbocycles. The maximum absolute atomic E-state index is 12.6. The molecule has 0 amide bonds. The fourth-order valence-electron chi connectivity index (χ4n) is 2.28. The summed E-state index contributed by atoms with van der Waals surface area (Å²) in [7, 11) is 0. The molecule has 5 nitrogen and oxygen atoms in total. The third-order valence-corrected chi connectivity index (χ3v) is 3.27. The predicted octanol–water partition coefficient (Wildman–Crippen LogP) is 3.00. The zero-order valence-corrected chi connectivity index (χ0v) is 12.6. The molecule has 0 aliphatic heterocycles. The Kier molecular flexibility index (Phi) is 4.40. The normalized spacial score (nSPS) is 11.2. The third-order valence-electron chi connectivity index (χ3n) is 3.27. The van der Waals surface area contributed by atoms with E-state index in [0.717, 1.165) is 12.8 Å². The summed E-state index contributed by atoms with van der Waals surface area (Å²) in [6.45, 7) is 6.16. The van der Waals surface area contributed by atoms with Crippen LogP contribution < -0.4 is 10.3 Å². The van der Waals surface area contributed by atoms with Crippen LogP contribution in [0.3, 0.4) is 0 Å². The van der Waals surface area contributed by atoms with Gasteiger partial charge in [-0.25, -0.2) is 0 Å². The molecule has 0 saturated carbocycles. The molecule has 2 rings (SSSR count). The van der Waals surface area contributed by atoms with Crippen LogP contribution in [0.25, 0.3) is 10.9 Å². The van der Waals surface area contributed by atoms with Gasteiger partial charge in [-0.05, 0) is 32.4 Å². The van der Waals surface area contributed by atoms with E-state index in [0.29, 0.717) is 17.4 Å². The van der Waals surface area contributed by atoms with Crippen LogP contribution in [-0.2, 0) is 6.54 Å². The highest BCUT2D eigenvalue weighted by Gasteiger charge is 2.18. The zero-order valence-electron chi connectivity index (χ0n) is 12.6. The van der Waals surface area contributed by atoms with Crippen molar-refractivity contribution < 1.29 is 14.9 Å². The van der Waals surface area contributed by atoms with Crippen molar-refractivity contribution in [3.8, 4) is 17.2 Å². The van der Waals surface area contributed by atoms with Crippen LogP contribution in [0.2, 0.25) is 0 Å². The molecule has 0 saturated heterocycles. The average Bonchev–Trinajstić information content (AvgIpc) is 2.43. The number of fused-ring (bicyclic) bond motifs is 1. The number of phenolic OH excluding ortho intramolecular Hbond substituents is 1. The Bertz CT molecular complexity index is 703. The predicted molar refractivity (Wildman–Crippen MR) is 82.2 cm³/mol. The number of rotatable bonds is 5. The second-order valence-corrected chi connectivity index (χ2v) is 5.36. The number of phenols is 1. The lowest BCUT2D eigenvalue weighted by molar-refractivity contribution is 0.227. The summed E-state index contributed by atoms with van der Waals surface area (Å²) in [6.07, 6.45) is 1.56. The Labute approximate surface area is 123 Å². The lowest BCUT2D eigenvalue weighted by Gasteiger charge is -2.17. The Morgan fingerprint density at radius 2 is 2.00 bits per heavy atom. The first-order valence-electron chi connectivity index (χ1n) is 7.20. The van der Waals surface area contributed by atoms with E-state index < -0.39 is 0 Å². The van der Waals surface area contributed by atoms with Gasteiger partial charge in [0, 0.05) is 18.0 Å². The topological polar surface area (TPSA) is 71.7 Å². The zero-order chi connectivity index (χ0) is 15.6. The van der Waals surface area contributed by atoms with Crippen molar-refractivity contribution in [2.75, 3.05) is 0 Å². The molecule has 0 radical (unpaired) electrons. The van der Waals surface area contributed by atoms with Crippen LogP contribution in [0.5, 0.6) is 17.2 Å². The highest BCUT2D eigenvalue weighted by Crippen LogP contribution is 2.33. The van der Waals surface area contributed by atoms with Crippen LogP contribution in [0, 0.1) is 0 Å². The fraction of sp³-hybridized carbons (Fsp3) is 0.438. The fourth-order valence-corrected chi connectivity index (χ4v) is 2.28. The lowest BCUT2D eigenvalue weighted by Crippen LogP contribution is -2.24. The van der Waals surface area contributed by atoms with Crippen LogP contribution >= 0.6 is 0 Å². The molecule has 114 valence electrons. The van der Waals surface area contributed by atoms with E-state index in [1.807, 2.05) is 6.92 Å². The number of pyridine rings is 1. The summed E-state index contributed by atoms with van der Waals surface area (Å²) in [4.78, 5) is 12.6. The largest absolute Gasteiger partial charge is 0.508 e. The maximum Gasteiger partial charge on any atom is 0.297 e. The van der Waals surface area contributed by atoms with E-state index in [1.54, 1.807) is 24.5 Å². The number of unbranched alkanes of at least 4 members (excludes halogenated alkanes) is 1. The molecule has 0 bridgehead atoms. The van der Waals surface area contributed by atoms with E-state index >= 15 is 0 Å². The summed E-state index contributed by atoms with van der Waals surface area (Å²) in [5, 5.41) is 20.4. The van der Waals surface area contributed by atoms with Gasteiger partial charge in [0.1, 0.15) is 5.75 Å². The minimum atomic E-state index is -0.368. The molecule has 1 aromatic heterocycles. The molecule has 0 aliphatic rings. The van der Waals surface area contributed by atoms with E-state index in [1.165, 1.54) is 12.1 Å². The molecule has 1 heterocycles. The van der Waals surface area contributed by atoms with Gasteiger partial charge < -0.3 is 19.5 Å². The van der Waals surface area contributed by atoms with Crippen molar-refractivity contribution in [3.63, 3.8) is 0 Å². The summed E-state index contributed by atoms with van der Waals surface area (Å²) in [6, 6.07) is 4.57. The van der Waals surface area contributed by atoms with E-state index in [9.17, 15) is 15.0 Å². The molecule has 0 atom stereocenters. The van der Waals surface area contributed by atoms with Crippen molar-refractivity contribution in [2.45, 2.75) is 46.3 Å². The number of nitrogens with zero attached hydrogens (tertiary/aromatic N) is 1. The monoisotopic (exact) mass is 291 g/mol. The highest BCUT2D eigenvalue weighted by molar-refractivity contribution is 5.88. The van der Waals surface area contributed by atoms with Crippen molar-refractivity contribution in [2.24, 2.45) is 0 Å². The first-order valence-corrected chi connectivity index (χ1v) is 7.20. The van der Waals surface area contributed by atoms with Crippen LogP contribution in [0.1, 0.15) is 33.6 Å². The van der Waals surface area contributed by atoms with Crippen molar-refractivity contribution in [3.05, 3.63) is 28.6 Å². The highest BCUT2D eigenvalue weighted by atomic mass is 16.5. The minimum Gasteiger partial charge on any atom is -0.508 e. The number of aromatic nitrogens is 1. The summed E-state index contributed by atoms with van der Waals surface area (Å²) in [5.74, 6) is -0.139.